The maximum absolute atomic E-state index is 5.42. The fraction of sp³-hybridized carbons (Fsp3) is 0.400. The lowest BCUT2D eigenvalue weighted by atomic mass is 10.3. The standard InChI is InChI=1S/C10H13N3OS/c1-2-7-3-4-8(15-7)10-12-9(5-6-11)13-14-10/h3-4H,2,5-6,11H2,1H3. The monoisotopic (exact) mass is 223 g/mol. The molecule has 0 saturated carbocycles. The van der Waals surface area contributed by atoms with E-state index in [1.54, 1.807) is 11.3 Å². The van der Waals surface area contributed by atoms with E-state index in [0.717, 1.165) is 11.3 Å². The van der Waals surface area contributed by atoms with Gasteiger partial charge in [-0.1, -0.05) is 12.1 Å². The molecule has 2 rings (SSSR count). The second kappa shape index (κ2) is 4.55. The van der Waals surface area contributed by atoms with Crippen molar-refractivity contribution in [3.05, 3.63) is 22.8 Å². The summed E-state index contributed by atoms with van der Waals surface area (Å²) in [6.07, 6.45) is 1.70. The largest absolute Gasteiger partial charge is 0.333 e. The van der Waals surface area contributed by atoms with Crippen LogP contribution >= 0.6 is 11.3 Å². The van der Waals surface area contributed by atoms with Gasteiger partial charge in [0.05, 0.1) is 4.88 Å². The van der Waals surface area contributed by atoms with E-state index in [9.17, 15) is 0 Å². The van der Waals surface area contributed by atoms with Gasteiger partial charge in [-0.05, 0) is 25.1 Å². The average molecular weight is 223 g/mol. The number of rotatable bonds is 4. The van der Waals surface area contributed by atoms with E-state index in [4.69, 9.17) is 10.3 Å². The van der Waals surface area contributed by atoms with Crippen LogP contribution in [0.3, 0.4) is 0 Å². The van der Waals surface area contributed by atoms with Gasteiger partial charge < -0.3 is 10.3 Å². The van der Waals surface area contributed by atoms with Crippen LogP contribution in [0.4, 0.5) is 0 Å². The first-order valence-corrected chi connectivity index (χ1v) is 5.77. The highest BCUT2D eigenvalue weighted by Crippen LogP contribution is 2.26. The highest BCUT2D eigenvalue weighted by Gasteiger charge is 2.10. The summed E-state index contributed by atoms with van der Waals surface area (Å²) < 4.78 is 5.15. The number of nitrogens with two attached hydrogens (primary N) is 1. The molecule has 0 aliphatic carbocycles. The van der Waals surface area contributed by atoms with Crippen LogP contribution in [0.25, 0.3) is 10.8 Å². The van der Waals surface area contributed by atoms with Gasteiger partial charge in [0.25, 0.3) is 5.89 Å². The minimum Gasteiger partial charge on any atom is -0.333 e. The third-order valence-electron chi connectivity index (χ3n) is 2.06. The minimum absolute atomic E-state index is 0.545. The molecule has 80 valence electrons. The van der Waals surface area contributed by atoms with Gasteiger partial charge >= 0.3 is 0 Å². The number of aryl methyl sites for hydroxylation is 1. The van der Waals surface area contributed by atoms with Crippen LogP contribution in [-0.2, 0) is 12.8 Å². The van der Waals surface area contributed by atoms with Gasteiger partial charge in [0, 0.05) is 11.3 Å². The summed E-state index contributed by atoms with van der Waals surface area (Å²) >= 11 is 1.69. The van der Waals surface area contributed by atoms with Gasteiger partial charge in [-0.2, -0.15) is 4.98 Å². The van der Waals surface area contributed by atoms with E-state index >= 15 is 0 Å². The van der Waals surface area contributed by atoms with Crippen LogP contribution in [0.5, 0.6) is 0 Å². The summed E-state index contributed by atoms with van der Waals surface area (Å²) in [5.74, 6) is 1.28. The molecule has 2 aromatic heterocycles. The first-order chi connectivity index (χ1) is 7.33. The van der Waals surface area contributed by atoms with E-state index in [1.807, 2.05) is 6.07 Å². The predicted molar refractivity (Wildman–Crippen MR) is 59.7 cm³/mol. The molecule has 2 N–H and O–H groups in total. The van der Waals surface area contributed by atoms with Crippen molar-refractivity contribution in [1.82, 2.24) is 10.1 Å². The highest BCUT2D eigenvalue weighted by molar-refractivity contribution is 7.15. The molecule has 0 amide bonds. The fourth-order valence-electron chi connectivity index (χ4n) is 1.27. The first kappa shape index (κ1) is 10.3. The van der Waals surface area contributed by atoms with Gasteiger partial charge in [0.15, 0.2) is 5.82 Å². The number of thiophene rings is 1. The number of hydrogen-bond acceptors (Lipinski definition) is 5. The molecular weight excluding hydrogens is 210 g/mol. The van der Waals surface area contributed by atoms with E-state index < -0.39 is 0 Å². The Morgan fingerprint density at radius 2 is 2.33 bits per heavy atom. The Kier molecular flexibility index (Phi) is 3.13. The zero-order valence-corrected chi connectivity index (χ0v) is 9.38. The van der Waals surface area contributed by atoms with E-state index in [1.165, 1.54) is 4.88 Å². The molecule has 0 aliphatic rings. The normalized spacial score (nSPS) is 10.8. The summed E-state index contributed by atoms with van der Waals surface area (Å²) in [7, 11) is 0. The summed E-state index contributed by atoms with van der Waals surface area (Å²) in [5.41, 5.74) is 5.42. The number of hydrogen-bond donors (Lipinski definition) is 1. The molecule has 0 radical (unpaired) electrons. The SMILES string of the molecule is CCc1ccc(-c2nc(CCN)no2)s1. The molecule has 0 spiro atoms. The van der Waals surface area contributed by atoms with Crippen molar-refractivity contribution in [1.29, 1.82) is 0 Å². The fourth-order valence-corrected chi connectivity index (χ4v) is 2.14. The molecule has 15 heavy (non-hydrogen) atoms. The zero-order valence-electron chi connectivity index (χ0n) is 8.56. The van der Waals surface area contributed by atoms with Crippen LogP contribution in [0.2, 0.25) is 0 Å². The molecule has 0 atom stereocenters. The third-order valence-corrected chi connectivity index (χ3v) is 3.27. The molecule has 4 nitrogen and oxygen atoms in total. The predicted octanol–water partition coefficient (Wildman–Crippen LogP) is 1.86. The molecule has 0 fully saturated rings. The maximum Gasteiger partial charge on any atom is 0.267 e. The second-order valence-corrected chi connectivity index (χ2v) is 4.34. The summed E-state index contributed by atoms with van der Waals surface area (Å²) in [6.45, 7) is 2.67. The summed E-state index contributed by atoms with van der Waals surface area (Å²) in [6, 6.07) is 4.11. The molecule has 0 aliphatic heterocycles. The van der Waals surface area contributed by atoms with Gasteiger partial charge in [-0.25, -0.2) is 0 Å². The quantitative estimate of drug-likeness (QED) is 0.859. The van der Waals surface area contributed by atoms with Crippen molar-refractivity contribution in [2.75, 3.05) is 6.54 Å². The smallest absolute Gasteiger partial charge is 0.267 e. The van der Waals surface area contributed by atoms with Gasteiger partial charge in [0.1, 0.15) is 0 Å². The lowest BCUT2D eigenvalue weighted by Gasteiger charge is -1.86. The first-order valence-electron chi connectivity index (χ1n) is 4.95. The molecule has 0 unspecified atom stereocenters. The Balaban J connectivity index is 2.21. The Morgan fingerprint density at radius 1 is 1.47 bits per heavy atom. The highest BCUT2D eigenvalue weighted by atomic mass is 32.1. The van der Waals surface area contributed by atoms with E-state index in [-0.39, 0.29) is 0 Å². The Labute approximate surface area is 92.1 Å². The number of nitrogens with zero attached hydrogens (tertiary/aromatic N) is 2. The van der Waals surface area contributed by atoms with Crippen molar-refractivity contribution in [3.8, 4) is 10.8 Å². The molecule has 0 aromatic carbocycles. The summed E-state index contributed by atoms with van der Waals surface area (Å²) in [5, 5.41) is 3.86. The maximum atomic E-state index is 5.42. The lowest BCUT2D eigenvalue weighted by Crippen LogP contribution is -2.03. The molecule has 5 heteroatoms. The van der Waals surface area contributed by atoms with Crippen LogP contribution in [0, 0.1) is 0 Å². The summed E-state index contributed by atoms with van der Waals surface area (Å²) in [4.78, 5) is 6.62. The van der Waals surface area contributed by atoms with Gasteiger partial charge in [-0.3, -0.25) is 0 Å². The lowest BCUT2D eigenvalue weighted by molar-refractivity contribution is 0.423. The van der Waals surface area contributed by atoms with Crippen molar-refractivity contribution in [2.24, 2.45) is 5.73 Å². The van der Waals surface area contributed by atoms with Gasteiger partial charge in [-0.15, -0.1) is 11.3 Å². The Bertz CT molecular complexity index is 435. The molecule has 2 aromatic rings. The van der Waals surface area contributed by atoms with Crippen molar-refractivity contribution < 1.29 is 4.52 Å². The molecule has 0 saturated heterocycles. The third kappa shape index (κ3) is 2.24. The average Bonchev–Trinajstić information content (AvgIpc) is 2.85. The molecule has 0 bridgehead atoms. The molecule has 2 heterocycles. The van der Waals surface area contributed by atoms with Crippen molar-refractivity contribution in [2.45, 2.75) is 19.8 Å². The number of aromatic nitrogens is 2. The van der Waals surface area contributed by atoms with Crippen LogP contribution in [-0.4, -0.2) is 16.7 Å². The van der Waals surface area contributed by atoms with Crippen LogP contribution in [0.1, 0.15) is 17.6 Å². The van der Waals surface area contributed by atoms with Crippen LogP contribution in [0.15, 0.2) is 16.7 Å². The molecular formula is C10H13N3OS. The van der Waals surface area contributed by atoms with Crippen LogP contribution < -0.4 is 5.73 Å². The van der Waals surface area contributed by atoms with Crippen molar-refractivity contribution in [3.63, 3.8) is 0 Å². The van der Waals surface area contributed by atoms with Gasteiger partial charge in [0.2, 0.25) is 0 Å². The van der Waals surface area contributed by atoms with E-state index in [0.29, 0.717) is 24.7 Å². The van der Waals surface area contributed by atoms with Crippen molar-refractivity contribution >= 4 is 11.3 Å². The second-order valence-electron chi connectivity index (χ2n) is 3.17. The minimum atomic E-state index is 0.545. The topological polar surface area (TPSA) is 64.9 Å². The Hall–Kier alpha value is -1.20. The Morgan fingerprint density at radius 3 is 3.00 bits per heavy atom. The zero-order chi connectivity index (χ0) is 10.7. The van der Waals surface area contributed by atoms with E-state index in [2.05, 4.69) is 23.1 Å².